The largest absolute Gasteiger partial charge is 0.355 e. The number of ether oxygens (including phenoxy) is 1. The van der Waals surface area contributed by atoms with Crippen LogP contribution in [0.5, 0.6) is 0 Å². The van der Waals surface area contributed by atoms with E-state index in [1.165, 1.54) is 4.90 Å². The minimum Gasteiger partial charge on any atom is -0.355 e. The van der Waals surface area contributed by atoms with Crippen LogP contribution < -0.4 is 5.73 Å². The lowest BCUT2D eigenvalue weighted by Gasteiger charge is -2.28. The summed E-state index contributed by atoms with van der Waals surface area (Å²) in [6.45, 7) is 0.727. The maximum absolute atomic E-state index is 11.7. The van der Waals surface area contributed by atoms with E-state index in [0.29, 0.717) is 25.9 Å². The number of carbonyl (C=O) groups excluding carboxylic acids is 2. The van der Waals surface area contributed by atoms with Crippen molar-refractivity contribution in [3.63, 3.8) is 0 Å². The average Bonchev–Trinajstić information content (AvgIpc) is 2.67. The van der Waals surface area contributed by atoms with Crippen molar-refractivity contribution in [1.82, 2.24) is 4.90 Å². The molecule has 0 saturated carbocycles. The lowest BCUT2D eigenvalue weighted by atomic mass is 10.2. The Bertz CT molecular complexity index is 292. The average molecular weight is 210 g/mol. The fraction of sp³-hybridized carbons (Fsp3) is 0.600. The van der Waals surface area contributed by atoms with Gasteiger partial charge in [0.1, 0.15) is 12.2 Å². The van der Waals surface area contributed by atoms with Crippen molar-refractivity contribution in [2.24, 2.45) is 5.73 Å². The van der Waals surface area contributed by atoms with E-state index in [1.807, 2.05) is 0 Å². The number of amides is 2. The fourth-order valence-corrected chi connectivity index (χ4v) is 1.91. The zero-order valence-electron chi connectivity index (χ0n) is 8.39. The van der Waals surface area contributed by atoms with Crippen molar-refractivity contribution in [1.29, 1.82) is 0 Å². The van der Waals surface area contributed by atoms with Crippen LogP contribution in [0.15, 0.2) is 12.2 Å². The highest BCUT2D eigenvalue weighted by Crippen LogP contribution is 2.28. The van der Waals surface area contributed by atoms with Gasteiger partial charge in [0.2, 0.25) is 0 Å². The van der Waals surface area contributed by atoms with Crippen molar-refractivity contribution in [2.75, 3.05) is 13.1 Å². The van der Waals surface area contributed by atoms with E-state index in [2.05, 4.69) is 0 Å². The summed E-state index contributed by atoms with van der Waals surface area (Å²) in [4.78, 5) is 24.7. The van der Waals surface area contributed by atoms with Gasteiger partial charge in [0.25, 0.3) is 11.8 Å². The smallest absolute Gasteiger partial charge is 0.258 e. The molecular formula is C10H14N2O3. The number of nitrogens with two attached hydrogens (primary N) is 1. The predicted octanol–water partition coefficient (Wildman–Crippen LogP) is -0.582. The van der Waals surface area contributed by atoms with Gasteiger partial charge in [-0.3, -0.25) is 14.5 Å². The molecule has 2 aliphatic heterocycles. The molecule has 82 valence electrons. The van der Waals surface area contributed by atoms with E-state index in [-0.39, 0.29) is 11.8 Å². The topological polar surface area (TPSA) is 72.6 Å². The second-order valence-electron chi connectivity index (χ2n) is 3.68. The Labute approximate surface area is 87.9 Å². The Hall–Kier alpha value is -1.20. The number of rotatable bonds is 3. The molecular weight excluding hydrogens is 196 g/mol. The monoisotopic (exact) mass is 210 g/mol. The maximum atomic E-state index is 11.7. The number of hydrogen-bond acceptors (Lipinski definition) is 4. The van der Waals surface area contributed by atoms with Crippen molar-refractivity contribution in [2.45, 2.75) is 25.0 Å². The quantitative estimate of drug-likeness (QED) is 0.499. The molecule has 2 bridgehead atoms. The summed E-state index contributed by atoms with van der Waals surface area (Å²) in [6, 6.07) is 0. The standard InChI is InChI=1S/C10H14N2O3/c11-5-1-2-6-12-9(13)7-3-4-8(15-7)10(12)14/h1-2,7-8H,3-6,11H2/b2-1+. The number of hydrogen-bond donors (Lipinski definition) is 1. The molecule has 0 aliphatic carbocycles. The lowest BCUT2D eigenvalue weighted by Crippen LogP contribution is -2.51. The number of carbonyl (C=O) groups is 2. The van der Waals surface area contributed by atoms with Crippen LogP contribution in [0.4, 0.5) is 0 Å². The number of nitrogens with zero attached hydrogens (tertiary/aromatic N) is 1. The number of imide groups is 1. The van der Waals surface area contributed by atoms with Gasteiger partial charge in [0.05, 0.1) is 0 Å². The van der Waals surface area contributed by atoms with Crippen LogP contribution in [0.3, 0.4) is 0 Å². The second-order valence-corrected chi connectivity index (χ2v) is 3.68. The number of likely N-dealkylation sites (tertiary alicyclic amines) is 1. The highest BCUT2D eigenvalue weighted by atomic mass is 16.5. The van der Waals surface area contributed by atoms with Gasteiger partial charge in [-0.15, -0.1) is 0 Å². The first-order valence-corrected chi connectivity index (χ1v) is 5.10. The van der Waals surface area contributed by atoms with Crippen LogP contribution >= 0.6 is 0 Å². The van der Waals surface area contributed by atoms with Gasteiger partial charge in [-0.05, 0) is 12.8 Å². The Morgan fingerprint density at radius 2 is 1.87 bits per heavy atom. The Kier molecular flexibility index (Phi) is 2.83. The van der Waals surface area contributed by atoms with E-state index in [1.54, 1.807) is 12.2 Å². The van der Waals surface area contributed by atoms with Gasteiger partial charge < -0.3 is 10.5 Å². The summed E-state index contributed by atoms with van der Waals surface area (Å²) in [7, 11) is 0. The minimum atomic E-state index is -0.404. The van der Waals surface area contributed by atoms with Crippen molar-refractivity contribution in [3.8, 4) is 0 Å². The van der Waals surface area contributed by atoms with E-state index in [4.69, 9.17) is 10.5 Å². The molecule has 2 amide bonds. The molecule has 2 fully saturated rings. The van der Waals surface area contributed by atoms with Crippen LogP contribution in [-0.2, 0) is 14.3 Å². The van der Waals surface area contributed by atoms with Crippen molar-refractivity contribution >= 4 is 11.8 Å². The summed E-state index contributed by atoms with van der Waals surface area (Å²) in [5, 5.41) is 0. The minimum absolute atomic E-state index is 0.213. The Morgan fingerprint density at radius 1 is 1.27 bits per heavy atom. The van der Waals surface area contributed by atoms with Gasteiger partial charge >= 0.3 is 0 Å². The van der Waals surface area contributed by atoms with Gasteiger partial charge in [0.15, 0.2) is 0 Å². The summed E-state index contributed by atoms with van der Waals surface area (Å²) < 4.78 is 5.27. The summed E-state index contributed by atoms with van der Waals surface area (Å²) in [5.41, 5.74) is 5.28. The third-order valence-electron chi connectivity index (χ3n) is 2.69. The first kappa shape index (κ1) is 10.3. The van der Waals surface area contributed by atoms with Gasteiger partial charge in [-0.2, -0.15) is 0 Å². The Morgan fingerprint density at radius 3 is 2.40 bits per heavy atom. The number of morpholine rings is 1. The van der Waals surface area contributed by atoms with Crippen LogP contribution in [0.1, 0.15) is 12.8 Å². The third kappa shape index (κ3) is 1.80. The molecule has 5 heteroatoms. The van der Waals surface area contributed by atoms with Crippen LogP contribution in [-0.4, -0.2) is 42.0 Å². The highest BCUT2D eigenvalue weighted by Gasteiger charge is 2.45. The van der Waals surface area contributed by atoms with Crippen molar-refractivity contribution in [3.05, 3.63) is 12.2 Å². The molecule has 0 radical (unpaired) electrons. The predicted molar refractivity (Wildman–Crippen MR) is 52.8 cm³/mol. The zero-order chi connectivity index (χ0) is 10.8. The van der Waals surface area contributed by atoms with E-state index in [9.17, 15) is 9.59 Å². The maximum Gasteiger partial charge on any atom is 0.258 e. The van der Waals surface area contributed by atoms with E-state index in [0.717, 1.165) is 0 Å². The molecule has 2 rings (SSSR count). The SMILES string of the molecule is NC/C=C/CN1C(=O)C2CCC(O2)C1=O. The first-order valence-electron chi connectivity index (χ1n) is 5.10. The molecule has 2 atom stereocenters. The lowest BCUT2D eigenvalue weighted by molar-refractivity contribution is -0.167. The second kappa shape index (κ2) is 4.12. The van der Waals surface area contributed by atoms with Crippen LogP contribution in [0.25, 0.3) is 0 Å². The third-order valence-corrected chi connectivity index (χ3v) is 2.69. The van der Waals surface area contributed by atoms with Gasteiger partial charge in [-0.1, -0.05) is 12.2 Å². The Balaban J connectivity index is 2.06. The van der Waals surface area contributed by atoms with Crippen LogP contribution in [0.2, 0.25) is 0 Å². The summed E-state index contributed by atoms with van der Waals surface area (Å²) in [5.74, 6) is -0.425. The van der Waals surface area contributed by atoms with Gasteiger partial charge in [0, 0.05) is 13.1 Å². The molecule has 2 saturated heterocycles. The van der Waals surface area contributed by atoms with E-state index < -0.39 is 12.2 Å². The van der Waals surface area contributed by atoms with Crippen LogP contribution in [0, 0.1) is 0 Å². The molecule has 2 aliphatic rings. The number of fused-ring (bicyclic) bond motifs is 2. The molecule has 2 heterocycles. The zero-order valence-corrected chi connectivity index (χ0v) is 8.39. The molecule has 2 unspecified atom stereocenters. The fourth-order valence-electron chi connectivity index (χ4n) is 1.91. The molecule has 15 heavy (non-hydrogen) atoms. The summed E-state index contributed by atoms with van der Waals surface area (Å²) in [6.07, 6.45) is 3.98. The normalized spacial score (nSPS) is 30.6. The molecule has 0 aromatic heterocycles. The molecule has 2 N–H and O–H groups in total. The van der Waals surface area contributed by atoms with Gasteiger partial charge in [-0.25, -0.2) is 0 Å². The van der Waals surface area contributed by atoms with E-state index >= 15 is 0 Å². The van der Waals surface area contributed by atoms with Crippen molar-refractivity contribution < 1.29 is 14.3 Å². The highest BCUT2D eigenvalue weighted by molar-refractivity contribution is 6.02. The summed E-state index contributed by atoms with van der Waals surface area (Å²) >= 11 is 0. The molecule has 0 aromatic carbocycles. The molecule has 0 spiro atoms. The first-order chi connectivity index (χ1) is 7.24. The molecule has 0 aromatic rings. The molecule has 5 nitrogen and oxygen atoms in total.